The molecule has 0 unspecified atom stereocenters. The summed E-state index contributed by atoms with van der Waals surface area (Å²) in [6, 6.07) is 3.71. The lowest BCUT2D eigenvalue weighted by Gasteiger charge is -2.07. The van der Waals surface area contributed by atoms with Crippen molar-refractivity contribution in [2.45, 2.75) is 6.92 Å². The van der Waals surface area contributed by atoms with E-state index in [0.717, 1.165) is 5.56 Å². The minimum Gasteiger partial charge on any atom is -0.476 e. The van der Waals surface area contributed by atoms with Crippen molar-refractivity contribution in [3.8, 4) is 17.1 Å². The third-order valence-electron chi connectivity index (χ3n) is 2.65. The minimum absolute atomic E-state index is 0.118. The molecule has 0 saturated carbocycles. The number of fused-ring (bicyclic) bond motifs is 1. The molecule has 3 rings (SSSR count). The standard InChI is InChI=1S/C13H12N6O/c1-2-20-12-10-11(18-13(14)19-12)16-7-9(17-10)8-3-5-15-6-4-8/h3-7H,2H2,1H3,(H2,14,16,18,19). The summed E-state index contributed by atoms with van der Waals surface area (Å²) in [5.41, 5.74) is 8.15. The van der Waals surface area contributed by atoms with Gasteiger partial charge in [-0.3, -0.25) is 4.98 Å². The Morgan fingerprint density at radius 1 is 1.15 bits per heavy atom. The minimum atomic E-state index is 0.118. The van der Waals surface area contributed by atoms with Gasteiger partial charge in [-0.15, -0.1) is 0 Å². The summed E-state index contributed by atoms with van der Waals surface area (Å²) >= 11 is 0. The number of hydrogen-bond acceptors (Lipinski definition) is 7. The Morgan fingerprint density at radius 3 is 2.70 bits per heavy atom. The van der Waals surface area contributed by atoms with Gasteiger partial charge in [0.15, 0.2) is 11.2 Å². The van der Waals surface area contributed by atoms with E-state index >= 15 is 0 Å². The first-order valence-electron chi connectivity index (χ1n) is 6.11. The number of aromatic nitrogens is 5. The molecule has 0 aliphatic carbocycles. The molecule has 0 bridgehead atoms. The lowest BCUT2D eigenvalue weighted by molar-refractivity contribution is 0.330. The summed E-state index contributed by atoms with van der Waals surface area (Å²) in [6.45, 7) is 2.33. The van der Waals surface area contributed by atoms with Crippen molar-refractivity contribution < 1.29 is 4.74 Å². The van der Waals surface area contributed by atoms with Crippen LogP contribution in [0.25, 0.3) is 22.4 Å². The molecule has 0 aliphatic heterocycles. The number of hydrogen-bond donors (Lipinski definition) is 1. The van der Waals surface area contributed by atoms with Gasteiger partial charge in [0.1, 0.15) is 0 Å². The molecule has 7 heteroatoms. The molecule has 2 N–H and O–H groups in total. The van der Waals surface area contributed by atoms with Crippen molar-refractivity contribution in [3.05, 3.63) is 30.7 Å². The molecule has 3 heterocycles. The molecular formula is C13H12N6O. The SMILES string of the molecule is CCOc1nc(N)nc2ncc(-c3ccncc3)nc12. The second-order valence-electron chi connectivity index (χ2n) is 3.98. The third kappa shape index (κ3) is 2.20. The van der Waals surface area contributed by atoms with Gasteiger partial charge in [0.25, 0.3) is 0 Å². The molecule has 0 amide bonds. The Hall–Kier alpha value is -2.83. The Labute approximate surface area is 114 Å². The van der Waals surface area contributed by atoms with Crippen molar-refractivity contribution in [2.75, 3.05) is 12.3 Å². The van der Waals surface area contributed by atoms with Gasteiger partial charge in [0.2, 0.25) is 11.8 Å². The second kappa shape index (κ2) is 5.04. The summed E-state index contributed by atoms with van der Waals surface area (Å²) in [4.78, 5) is 20.9. The van der Waals surface area contributed by atoms with Crippen molar-refractivity contribution in [2.24, 2.45) is 0 Å². The zero-order chi connectivity index (χ0) is 13.9. The molecule has 0 radical (unpaired) electrons. The fourth-order valence-corrected chi connectivity index (χ4v) is 1.80. The average Bonchev–Trinajstić information content (AvgIpc) is 2.48. The fraction of sp³-hybridized carbons (Fsp3) is 0.154. The van der Waals surface area contributed by atoms with E-state index in [1.807, 2.05) is 19.1 Å². The molecule has 20 heavy (non-hydrogen) atoms. The first kappa shape index (κ1) is 12.2. The highest BCUT2D eigenvalue weighted by atomic mass is 16.5. The van der Waals surface area contributed by atoms with Gasteiger partial charge < -0.3 is 10.5 Å². The highest BCUT2D eigenvalue weighted by Gasteiger charge is 2.11. The Morgan fingerprint density at radius 2 is 1.95 bits per heavy atom. The van der Waals surface area contributed by atoms with Crippen LogP contribution in [0.15, 0.2) is 30.7 Å². The Bertz CT molecular complexity index is 746. The topological polar surface area (TPSA) is 99.7 Å². The fourth-order valence-electron chi connectivity index (χ4n) is 1.80. The average molecular weight is 268 g/mol. The highest BCUT2D eigenvalue weighted by Crippen LogP contribution is 2.23. The van der Waals surface area contributed by atoms with E-state index in [-0.39, 0.29) is 5.95 Å². The van der Waals surface area contributed by atoms with Gasteiger partial charge >= 0.3 is 0 Å². The van der Waals surface area contributed by atoms with Gasteiger partial charge in [-0.1, -0.05) is 0 Å². The smallest absolute Gasteiger partial charge is 0.247 e. The van der Waals surface area contributed by atoms with Crippen LogP contribution in [-0.2, 0) is 0 Å². The van der Waals surface area contributed by atoms with Crippen LogP contribution < -0.4 is 10.5 Å². The van der Waals surface area contributed by atoms with E-state index in [4.69, 9.17) is 10.5 Å². The van der Waals surface area contributed by atoms with Crippen LogP contribution in [0.3, 0.4) is 0 Å². The number of anilines is 1. The van der Waals surface area contributed by atoms with Crippen LogP contribution in [0.2, 0.25) is 0 Å². The molecule has 100 valence electrons. The zero-order valence-corrected chi connectivity index (χ0v) is 10.8. The first-order valence-corrected chi connectivity index (χ1v) is 6.11. The predicted octanol–water partition coefficient (Wildman–Crippen LogP) is 1.46. The van der Waals surface area contributed by atoms with Gasteiger partial charge in [-0.2, -0.15) is 9.97 Å². The lowest BCUT2D eigenvalue weighted by atomic mass is 10.2. The number of nitrogen functional groups attached to an aromatic ring is 1. The molecule has 3 aromatic heterocycles. The van der Waals surface area contributed by atoms with Gasteiger partial charge in [0.05, 0.1) is 18.5 Å². The van der Waals surface area contributed by atoms with Gasteiger partial charge in [-0.05, 0) is 19.1 Å². The highest BCUT2D eigenvalue weighted by molar-refractivity contribution is 5.79. The maximum atomic E-state index is 5.63. The molecular weight excluding hydrogens is 256 g/mol. The summed E-state index contributed by atoms with van der Waals surface area (Å²) in [5.74, 6) is 0.463. The lowest BCUT2D eigenvalue weighted by Crippen LogP contribution is -2.04. The quantitative estimate of drug-likeness (QED) is 0.767. The van der Waals surface area contributed by atoms with Gasteiger partial charge in [-0.25, -0.2) is 9.97 Å². The molecule has 0 atom stereocenters. The maximum absolute atomic E-state index is 5.63. The number of nitrogens with two attached hydrogens (primary N) is 1. The van der Waals surface area contributed by atoms with Crippen LogP contribution in [0.1, 0.15) is 6.92 Å². The van der Waals surface area contributed by atoms with Crippen LogP contribution >= 0.6 is 0 Å². The van der Waals surface area contributed by atoms with E-state index < -0.39 is 0 Å². The van der Waals surface area contributed by atoms with Crippen molar-refractivity contribution in [3.63, 3.8) is 0 Å². The third-order valence-corrected chi connectivity index (χ3v) is 2.65. The molecule has 0 fully saturated rings. The van der Waals surface area contributed by atoms with Crippen molar-refractivity contribution >= 4 is 17.1 Å². The Balaban J connectivity index is 2.19. The van der Waals surface area contributed by atoms with E-state index in [2.05, 4.69) is 24.9 Å². The van der Waals surface area contributed by atoms with E-state index in [9.17, 15) is 0 Å². The van der Waals surface area contributed by atoms with Crippen LogP contribution in [0, 0.1) is 0 Å². The molecule has 0 aromatic carbocycles. The normalized spacial score (nSPS) is 10.7. The summed E-state index contributed by atoms with van der Waals surface area (Å²) < 4.78 is 5.44. The van der Waals surface area contributed by atoms with Crippen molar-refractivity contribution in [1.29, 1.82) is 0 Å². The van der Waals surface area contributed by atoms with E-state index in [1.54, 1.807) is 18.6 Å². The molecule has 7 nitrogen and oxygen atoms in total. The number of nitrogens with zero attached hydrogens (tertiary/aromatic N) is 5. The maximum Gasteiger partial charge on any atom is 0.247 e. The zero-order valence-electron chi connectivity index (χ0n) is 10.8. The van der Waals surface area contributed by atoms with E-state index in [1.165, 1.54) is 0 Å². The largest absolute Gasteiger partial charge is 0.476 e. The molecule has 3 aromatic rings. The molecule has 0 saturated heterocycles. The van der Waals surface area contributed by atoms with Crippen LogP contribution in [-0.4, -0.2) is 31.5 Å². The Kier molecular flexibility index (Phi) is 3.08. The van der Waals surface area contributed by atoms with Crippen molar-refractivity contribution in [1.82, 2.24) is 24.9 Å². The van der Waals surface area contributed by atoms with Crippen LogP contribution in [0.4, 0.5) is 5.95 Å². The molecule has 0 aliphatic rings. The van der Waals surface area contributed by atoms with Crippen LogP contribution in [0.5, 0.6) is 5.88 Å². The second-order valence-corrected chi connectivity index (χ2v) is 3.98. The number of pyridine rings is 1. The first-order chi connectivity index (χ1) is 9.78. The summed E-state index contributed by atoms with van der Waals surface area (Å²) in [5, 5.41) is 0. The van der Waals surface area contributed by atoms with Gasteiger partial charge in [0, 0.05) is 18.0 Å². The predicted molar refractivity (Wildman–Crippen MR) is 73.9 cm³/mol. The number of rotatable bonds is 3. The van der Waals surface area contributed by atoms with E-state index in [0.29, 0.717) is 29.3 Å². The number of ether oxygens (including phenoxy) is 1. The monoisotopic (exact) mass is 268 g/mol. The summed E-state index contributed by atoms with van der Waals surface area (Å²) in [7, 11) is 0. The molecule has 0 spiro atoms. The summed E-state index contributed by atoms with van der Waals surface area (Å²) in [6.07, 6.45) is 5.04.